The van der Waals surface area contributed by atoms with E-state index in [0.29, 0.717) is 11.3 Å². The van der Waals surface area contributed by atoms with E-state index in [-0.39, 0.29) is 19.2 Å². The second-order valence-electron chi connectivity index (χ2n) is 4.34. The maximum Gasteiger partial charge on any atom is 0.345 e. The molecule has 100 valence electrons. The number of fused-ring (bicyclic) bond motifs is 4. The largest absolute Gasteiger partial charge is 0.479 e. The van der Waals surface area contributed by atoms with Crippen LogP contribution < -0.4 is 0 Å². The fraction of sp³-hybridized carbons (Fsp3) is 0.333. The normalized spacial score (nSPS) is 24.5. The molecule has 1 saturated heterocycles. The molecule has 2 atom stereocenters. The van der Waals surface area contributed by atoms with Crippen LogP contribution in [0.25, 0.3) is 0 Å². The van der Waals surface area contributed by atoms with E-state index >= 15 is 0 Å². The van der Waals surface area contributed by atoms with Crippen LogP contribution in [0.4, 0.5) is 4.79 Å². The summed E-state index contributed by atoms with van der Waals surface area (Å²) in [5.74, 6) is -0.824. The maximum absolute atomic E-state index is 12.2. The second kappa shape index (κ2) is 4.13. The van der Waals surface area contributed by atoms with Gasteiger partial charge in [-0.2, -0.15) is 5.06 Å². The van der Waals surface area contributed by atoms with E-state index in [2.05, 4.69) is 6.58 Å². The molecule has 1 aromatic rings. The van der Waals surface area contributed by atoms with Gasteiger partial charge in [0.2, 0.25) is 0 Å². The summed E-state index contributed by atoms with van der Waals surface area (Å²) in [5, 5.41) is 10.5. The van der Waals surface area contributed by atoms with Crippen LogP contribution in [0.15, 0.2) is 29.4 Å². The molecule has 1 aromatic heterocycles. The lowest BCUT2D eigenvalue weighted by Crippen LogP contribution is -2.38. The Kier molecular flexibility index (Phi) is 2.56. The average Bonchev–Trinajstić information content (AvgIpc) is 2.94. The molecule has 1 N–H and O–H groups in total. The summed E-state index contributed by atoms with van der Waals surface area (Å²) in [6, 6.07) is -0.218. The summed E-state index contributed by atoms with van der Waals surface area (Å²) in [5.41, 5.74) is 0.679. The van der Waals surface area contributed by atoms with Crippen LogP contribution in [-0.2, 0) is 9.63 Å². The maximum atomic E-state index is 12.2. The zero-order valence-electron chi connectivity index (χ0n) is 9.98. The Hall–Kier alpha value is -2.28. The first-order chi connectivity index (χ1) is 9.15. The van der Waals surface area contributed by atoms with Crippen LogP contribution in [-0.4, -0.2) is 40.2 Å². The molecule has 3 rings (SSSR count). The van der Waals surface area contributed by atoms with Crippen molar-refractivity contribution in [3.63, 3.8) is 0 Å². The molecular weight excluding hydrogens is 252 g/mol. The van der Waals surface area contributed by atoms with Crippen LogP contribution >= 0.6 is 0 Å². The number of carbonyl (C=O) groups is 2. The molecule has 2 aliphatic rings. The number of hydroxylamine groups is 2. The van der Waals surface area contributed by atoms with Gasteiger partial charge >= 0.3 is 12.0 Å². The fourth-order valence-electron chi connectivity index (χ4n) is 2.53. The van der Waals surface area contributed by atoms with Crippen LogP contribution in [0, 0.1) is 0 Å². The number of carboxylic acid groups (broad SMARTS) is 1. The van der Waals surface area contributed by atoms with Gasteiger partial charge in [0.25, 0.3) is 0 Å². The van der Waals surface area contributed by atoms with Gasteiger partial charge in [-0.25, -0.2) is 9.59 Å². The van der Waals surface area contributed by atoms with Crippen molar-refractivity contribution in [2.45, 2.75) is 12.1 Å². The van der Waals surface area contributed by atoms with Crippen LogP contribution in [0.5, 0.6) is 0 Å². The Labute approximate surface area is 108 Å². The topological polar surface area (TPSA) is 83.2 Å². The minimum Gasteiger partial charge on any atom is -0.479 e. The van der Waals surface area contributed by atoms with Crippen LogP contribution in [0.3, 0.4) is 0 Å². The van der Waals surface area contributed by atoms with Crippen molar-refractivity contribution in [3.8, 4) is 0 Å². The Bertz CT molecular complexity index is 552. The first-order valence-corrected chi connectivity index (χ1v) is 5.79. The number of furan rings is 1. The molecule has 0 saturated carbocycles. The van der Waals surface area contributed by atoms with Crippen molar-refractivity contribution < 1.29 is 24.0 Å². The van der Waals surface area contributed by atoms with Gasteiger partial charge in [0, 0.05) is 5.56 Å². The molecule has 7 nitrogen and oxygen atoms in total. The molecule has 0 aromatic carbocycles. The summed E-state index contributed by atoms with van der Waals surface area (Å²) in [4.78, 5) is 30.1. The molecular formula is C12H12N2O5. The third-order valence-electron chi connectivity index (χ3n) is 3.30. The molecule has 2 unspecified atom stereocenters. The molecule has 0 spiro atoms. The molecule has 0 radical (unpaired) electrons. The number of nitrogens with zero attached hydrogens (tertiary/aromatic N) is 2. The highest BCUT2D eigenvalue weighted by Gasteiger charge is 2.52. The highest BCUT2D eigenvalue weighted by atomic mass is 16.7. The highest BCUT2D eigenvalue weighted by Crippen LogP contribution is 2.44. The van der Waals surface area contributed by atoms with Crippen molar-refractivity contribution in [1.82, 2.24) is 9.96 Å². The number of amides is 2. The summed E-state index contributed by atoms with van der Waals surface area (Å²) in [6.45, 7) is 3.98. The summed E-state index contributed by atoms with van der Waals surface area (Å²) in [7, 11) is 0. The van der Waals surface area contributed by atoms with Gasteiger partial charge < -0.3 is 9.52 Å². The molecule has 2 bridgehead atoms. The number of rotatable bonds is 4. The molecule has 19 heavy (non-hydrogen) atoms. The number of aliphatic carboxylic acids is 1. The van der Waals surface area contributed by atoms with Crippen molar-refractivity contribution in [3.05, 3.63) is 36.3 Å². The quantitative estimate of drug-likeness (QED) is 0.829. The second-order valence-corrected chi connectivity index (χ2v) is 4.34. The Morgan fingerprint density at radius 3 is 3.16 bits per heavy atom. The Balaban J connectivity index is 2.02. The van der Waals surface area contributed by atoms with E-state index < -0.39 is 18.0 Å². The van der Waals surface area contributed by atoms with Crippen molar-refractivity contribution in [2.24, 2.45) is 0 Å². The van der Waals surface area contributed by atoms with Gasteiger partial charge in [-0.05, 0) is 6.07 Å². The lowest BCUT2D eigenvalue weighted by molar-refractivity contribution is -0.143. The molecule has 0 aliphatic carbocycles. The third-order valence-corrected chi connectivity index (χ3v) is 3.30. The minimum atomic E-state index is -1.12. The fourth-order valence-corrected chi connectivity index (χ4v) is 2.53. The van der Waals surface area contributed by atoms with Gasteiger partial charge in [-0.1, -0.05) is 6.08 Å². The predicted octanol–water partition coefficient (Wildman–Crippen LogP) is 1.32. The van der Waals surface area contributed by atoms with Gasteiger partial charge in [-0.3, -0.25) is 9.74 Å². The monoisotopic (exact) mass is 264 g/mol. The van der Waals surface area contributed by atoms with E-state index in [9.17, 15) is 14.7 Å². The zero-order valence-corrected chi connectivity index (χ0v) is 9.98. The van der Waals surface area contributed by atoms with E-state index in [1.165, 1.54) is 22.3 Å². The van der Waals surface area contributed by atoms with Gasteiger partial charge in [0.15, 0.2) is 6.04 Å². The average molecular weight is 264 g/mol. The highest BCUT2D eigenvalue weighted by molar-refractivity contribution is 5.86. The van der Waals surface area contributed by atoms with E-state index in [1.54, 1.807) is 6.07 Å². The smallest absolute Gasteiger partial charge is 0.345 e. The number of hydrogen-bond acceptors (Lipinski definition) is 4. The molecule has 7 heteroatoms. The first-order valence-electron chi connectivity index (χ1n) is 5.79. The number of carboxylic acids is 1. The van der Waals surface area contributed by atoms with Crippen LogP contribution in [0.1, 0.15) is 23.4 Å². The number of hydrogen-bond donors (Lipinski definition) is 1. The lowest BCUT2D eigenvalue weighted by Gasteiger charge is -2.26. The van der Waals surface area contributed by atoms with Crippen molar-refractivity contribution in [1.29, 1.82) is 0 Å². The number of carbonyl (C=O) groups excluding carboxylic acids is 1. The van der Waals surface area contributed by atoms with Gasteiger partial charge in [0.05, 0.1) is 19.4 Å². The predicted molar refractivity (Wildman–Crippen MR) is 61.9 cm³/mol. The molecule has 2 amide bonds. The summed E-state index contributed by atoms with van der Waals surface area (Å²) >= 11 is 0. The zero-order chi connectivity index (χ0) is 13.6. The van der Waals surface area contributed by atoms with Gasteiger partial charge in [0.1, 0.15) is 11.8 Å². The molecule has 3 heterocycles. The Morgan fingerprint density at radius 1 is 1.68 bits per heavy atom. The summed E-state index contributed by atoms with van der Waals surface area (Å²) < 4.78 is 5.23. The van der Waals surface area contributed by atoms with Gasteiger partial charge in [-0.15, -0.1) is 6.58 Å². The van der Waals surface area contributed by atoms with E-state index in [1.807, 2.05) is 0 Å². The molecule has 1 fully saturated rings. The lowest BCUT2D eigenvalue weighted by atomic mass is 9.99. The van der Waals surface area contributed by atoms with Crippen molar-refractivity contribution in [2.75, 3.05) is 13.2 Å². The summed E-state index contributed by atoms with van der Waals surface area (Å²) in [6.07, 6.45) is 2.95. The SMILES string of the molecule is C=CCON1C(=O)N2CC1c1ccoc1C2C(=O)O. The van der Waals surface area contributed by atoms with E-state index in [0.717, 1.165) is 0 Å². The Morgan fingerprint density at radius 2 is 2.47 bits per heavy atom. The molecule has 2 aliphatic heterocycles. The van der Waals surface area contributed by atoms with E-state index in [4.69, 9.17) is 9.25 Å². The minimum absolute atomic E-state index is 0.182. The standard InChI is InChI=1S/C12H12N2O5/c1-2-4-19-14-8-6-13(12(14)17)9(11(15)16)10-7(8)3-5-18-10/h2-3,5,8-9H,1,4,6H2,(H,15,16). The van der Waals surface area contributed by atoms with Crippen LogP contribution in [0.2, 0.25) is 0 Å². The first kappa shape index (κ1) is 11.8. The number of urea groups is 1. The van der Waals surface area contributed by atoms with Crippen molar-refractivity contribution >= 4 is 12.0 Å². The third kappa shape index (κ3) is 1.55.